The van der Waals surface area contributed by atoms with E-state index in [1.54, 1.807) is 6.07 Å². The number of pyridine rings is 1. The van der Waals surface area contributed by atoms with Crippen molar-refractivity contribution in [2.24, 2.45) is 0 Å². The summed E-state index contributed by atoms with van der Waals surface area (Å²) in [6.45, 7) is 0.949. The minimum atomic E-state index is -4.41. The number of nitrogens with one attached hydrogen (secondary N) is 2. The maximum atomic E-state index is 12.6. The SMILES string of the molecule is O=C(CNC(=O)c1ccco1)NC1CCN(c2ccc(C(F)(F)F)cn2)CC1. The molecule has 28 heavy (non-hydrogen) atoms. The monoisotopic (exact) mass is 396 g/mol. The first-order valence-corrected chi connectivity index (χ1v) is 8.72. The quantitative estimate of drug-likeness (QED) is 0.809. The second kappa shape index (κ2) is 8.32. The van der Waals surface area contributed by atoms with Crippen LogP contribution in [0.5, 0.6) is 0 Å². The number of hydrogen-bond donors (Lipinski definition) is 2. The van der Waals surface area contributed by atoms with Crippen LogP contribution < -0.4 is 15.5 Å². The average molecular weight is 396 g/mol. The van der Waals surface area contributed by atoms with Crippen molar-refractivity contribution >= 4 is 17.6 Å². The Morgan fingerprint density at radius 2 is 1.96 bits per heavy atom. The van der Waals surface area contributed by atoms with Gasteiger partial charge in [0.25, 0.3) is 5.91 Å². The Balaban J connectivity index is 1.42. The van der Waals surface area contributed by atoms with E-state index in [9.17, 15) is 22.8 Å². The minimum absolute atomic E-state index is 0.0706. The molecule has 1 saturated heterocycles. The number of amides is 2. The summed E-state index contributed by atoms with van der Waals surface area (Å²) >= 11 is 0. The van der Waals surface area contributed by atoms with E-state index in [4.69, 9.17) is 4.42 Å². The van der Waals surface area contributed by atoms with E-state index in [2.05, 4.69) is 15.6 Å². The largest absolute Gasteiger partial charge is 0.459 e. The Morgan fingerprint density at radius 3 is 2.54 bits per heavy atom. The molecule has 1 aliphatic rings. The number of piperidine rings is 1. The molecule has 3 rings (SSSR count). The zero-order valence-corrected chi connectivity index (χ0v) is 14.8. The van der Waals surface area contributed by atoms with Crippen LogP contribution >= 0.6 is 0 Å². The van der Waals surface area contributed by atoms with Crippen molar-refractivity contribution in [2.75, 3.05) is 24.5 Å². The molecule has 150 valence electrons. The molecular weight excluding hydrogens is 377 g/mol. The molecular formula is C18H19F3N4O3. The standard InChI is InChI=1S/C18H19F3N4O3/c19-18(20,21)12-3-4-15(22-10-12)25-7-5-13(6-8-25)24-16(26)11-23-17(27)14-2-1-9-28-14/h1-4,9-10,13H,5-8,11H2,(H,23,27)(H,24,26). The highest BCUT2D eigenvalue weighted by Gasteiger charge is 2.31. The smallest absolute Gasteiger partial charge is 0.417 e. The van der Waals surface area contributed by atoms with E-state index >= 15 is 0 Å². The lowest BCUT2D eigenvalue weighted by atomic mass is 10.0. The van der Waals surface area contributed by atoms with Gasteiger partial charge in [-0.1, -0.05) is 0 Å². The maximum absolute atomic E-state index is 12.6. The highest BCUT2D eigenvalue weighted by molar-refractivity contribution is 5.94. The minimum Gasteiger partial charge on any atom is -0.459 e. The Hall–Kier alpha value is -3.04. The highest BCUT2D eigenvalue weighted by atomic mass is 19.4. The van der Waals surface area contributed by atoms with Crippen molar-refractivity contribution in [3.63, 3.8) is 0 Å². The van der Waals surface area contributed by atoms with Crippen LogP contribution in [0.15, 0.2) is 41.1 Å². The number of aromatic nitrogens is 1. The lowest BCUT2D eigenvalue weighted by Gasteiger charge is -2.33. The normalized spacial score (nSPS) is 15.3. The van der Waals surface area contributed by atoms with Crippen LogP contribution in [-0.4, -0.2) is 42.5 Å². The predicted octanol–water partition coefficient (Wildman–Crippen LogP) is 2.21. The molecule has 0 bridgehead atoms. The molecule has 0 aromatic carbocycles. The van der Waals surface area contributed by atoms with Gasteiger partial charge in [-0.3, -0.25) is 9.59 Å². The van der Waals surface area contributed by atoms with E-state index in [1.165, 1.54) is 18.4 Å². The number of rotatable bonds is 5. The summed E-state index contributed by atoms with van der Waals surface area (Å²) in [7, 11) is 0. The van der Waals surface area contributed by atoms with Gasteiger partial charge in [-0.2, -0.15) is 13.2 Å². The number of carbonyl (C=O) groups is 2. The number of halogens is 3. The molecule has 0 saturated carbocycles. The summed E-state index contributed by atoms with van der Waals surface area (Å²) in [6.07, 6.45) is -0.963. The number of alkyl halides is 3. The van der Waals surface area contributed by atoms with Crippen LogP contribution in [0.2, 0.25) is 0 Å². The summed E-state index contributed by atoms with van der Waals surface area (Å²) < 4.78 is 42.7. The zero-order valence-electron chi connectivity index (χ0n) is 14.8. The number of anilines is 1. The fraction of sp³-hybridized carbons (Fsp3) is 0.389. The first kappa shape index (κ1) is 19.7. The van der Waals surface area contributed by atoms with Crippen LogP contribution in [0.25, 0.3) is 0 Å². The van der Waals surface area contributed by atoms with Gasteiger partial charge in [0.1, 0.15) is 5.82 Å². The van der Waals surface area contributed by atoms with Crippen LogP contribution in [0, 0.1) is 0 Å². The molecule has 2 N–H and O–H groups in total. The average Bonchev–Trinajstić information content (AvgIpc) is 3.21. The molecule has 0 radical (unpaired) electrons. The Morgan fingerprint density at radius 1 is 1.21 bits per heavy atom. The third-order valence-corrected chi connectivity index (χ3v) is 4.41. The van der Waals surface area contributed by atoms with Gasteiger partial charge in [0.05, 0.1) is 18.4 Å². The summed E-state index contributed by atoms with van der Waals surface area (Å²) in [5.41, 5.74) is -0.782. The molecule has 0 atom stereocenters. The van der Waals surface area contributed by atoms with E-state index in [-0.39, 0.29) is 24.3 Å². The molecule has 10 heteroatoms. The van der Waals surface area contributed by atoms with Gasteiger partial charge >= 0.3 is 6.18 Å². The van der Waals surface area contributed by atoms with Crippen LogP contribution in [0.1, 0.15) is 29.0 Å². The molecule has 2 amide bonds. The lowest BCUT2D eigenvalue weighted by molar-refractivity contribution is -0.137. The third-order valence-electron chi connectivity index (χ3n) is 4.41. The molecule has 0 unspecified atom stereocenters. The number of nitrogens with zero attached hydrogens (tertiary/aromatic N) is 2. The summed E-state index contributed by atoms with van der Waals surface area (Å²) in [4.78, 5) is 29.5. The Kier molecular flexibility index (Phi) is 5.86. The van der Waals surface area contributed by atoms with Gasteiger partial charge in [0.2, 0.25) is 5.91 Å². The predicted molar refractivity (Wildman–Crippen MR) is 93.7 cm³/mol. The summed E-state index contributed by atoms with van der Waals surface area (Å²) in [5.74, 6) is -0.178. The molecule has 0 spiro atoms. The van der Waals surface area contributed by atoms with Crippen LogP contribution in [0.3, 0.4) is 0 Å². The van der Waals surface area contributed by atoms with Crippen molar-refractivity contribution in [2.45, 2.75) is 25.1 Å². The number of furan rings is 1. The molecule has 1 fully saturated rings. The fourth-order valence-electron chi connectivity index (χ4n) is 2.93. The third kappa shape index (κ3) is 5.02. The summed E-state index contributed by atoms with van der Waals surface area (Å²) in [6, 6.07) is 5.37. The van der Waals surface area contributed by atoms with Gasteiger partial charge in [0, 0.05) is 25.3 Å². The van der Waals surface area contributed by atoms with E-state index < -0.39 is 17.6 Å². The number of hydrogen-bond acceptors (Lipinski definition) is 5. The van der Waals surface area contributed by atoms with Crippen molar-refractivity contribution < 1.29 is 27.2 Å². The lowest BCUT2D eigenvalue weighted by Crippen LogP contribution is -2.47. The second-order valence-corrected chi connectivity index (χ2v) is 6.39. The van der Waals surface area contributed by atoms with Gasteiger partial charge in [-0.25, -0.2) is 4.98 Å². The maximum Gasteiger partial charge on any atom is 0.417 e. The van der Waals surface area contributed by atoms with Crippen molar-refractivity contribution in [1.29, 1.82) is 0 Å². The molecule has 1 aliphatic heterocycles. The highest BCUT2D eigenvalue weighted by Crippen LogP contribution is 2.29. The molecule has 7 nitrogen and oxygen atoms in total. The summed E-state index contributed by atoms with van der Waals surface area (Å²) in [5, 5.41) is 5.31. The molecule has 2 aromatic heterocycles. The van der Waals surface area contributed by atoms with Crippen LogP contribution in [-0.2, 0) is 11.0 Å². The Bertz CT molecular complexity index is 798. The first-order valence-electron chi connectivity index (χ1n) is 8.72. The second-order valence-electron chi connectivity index (χ2n) is 6.39. The molecule has 2 aromatic rings. The van der Waals surface area contributed by atoms with Crippen molar-refractivity contribution in [3.05, 3.63) is 48.0 Å². The van der Waals surface area contributed by atoms with Gasteiger partial charge in [-0.05, 0) is 37.1 Å². The van der Waals surface area contributed by atoms with Gasteiger partial charge in [-0.15, -0.1) is 0 Å². The van der Waals surface area contributed by atoms with E-state index in [0.29, 0.717) is 31.7 Å². The van der Waals surface area contributed by atoms with Gasteiger partial charge in [0.15, 0.2) is 5.76 Å². The molecule has 3 heterocycles. The number of carbonyl (C=O) groups excluding carboxylic acids is 2. The van der Waals surface area contributed by atoms with Crippen LogP contribution in [0.4, 0.5) is 19.0 Å². The van der Waals surface area contributed by atoms with Gasteiger partial charge < -0.3 is 20.0 Å². The topological polar surface area (TPSA) is 87.5 Å². The zero-order chi connectivity index (χ0) is 20.1. The van der Waals surface area contributed by atoms with Crippen molar-refractivity contribution in [3.8, 4) is 0 Å². The molecule has 0 aliphatic carbocycles. The van der Waals surface area contributed by atoms with E-state index in [0.717, 1.165) is 12.3 Å². The fourth-order valence-corrected chi connectivity index (χ4v) is 2.93. The first-order chi connectivity index (χ1) is 13.3. The van der Waals surface area contributed by atoms with Crippen molar-refractivity contribution in [1.82, 2.24) is 15.6 Å². The Labute approximate surface area is 158 Å². The van der Waals surface area contributed by atoms with E-state index in [1.807, 2.05) is 4.90 Å².